The van der Waals surface area contributed by atoms with E-state index >= 15 is 0 Å². The molecule has 0 radical (unpaired) electrons. The molecule has 1 saturated carbocycles. The number of nitrogens with one attached hydrogen (secondary N) is 1. The lowest BCUT2D eigenvalue weighted by molar-refractivity contribution is 0.0603. The molecule has 0 aromatic rings. The van der Waals surface area contributed by atoms with Crippen LogP contribution in [0.15, 0.2) is 0 Å². The summed E-state index contributed by atoms with van der Waals surface area (Å²) >= 11 is 0. The van der Waals surface area contributed by atoms with E-state index in [-0.39, 0.29) is 6.10 Å². The molecule has 0 bridgehead atoms. The molecular formula is C14H30N2O. The molecule has 2 rings (SSSR count). The van der Waals surface area contributed by atoms with Crippen molar-refractivity contribution in [2.45, 2.75) is 70.6 Å². The number of aliphatic hydroxyl groups excluding tert-OH is 1. The van der Waals surface area contributed by atoms with Gasteiger partial charge < -0.3 is 15.3 Å². The third-order valence-electron chi connectivity index (χ3n) is 4.12. The lowest BCUT2D eigenvalue weighted by Crippen LogP contribution is -2.47. The van der Waals surface area contributed by atoms with Crippen molar-refractivity contribution < 1.29 is 5.11 Å². The van der Waals surface area contributed by atoms with E-state index in [2.05, 4.69) is 17.3 Å². The number of hydrogen-bond acceptors (Lipinski definition) is 3. The van der Waals surface area contributed by atoms with Crippen LogP contribution in [0.2, 0.25) is 0 Å². The fraction of sp³-hybridized carbons (Fsp3) is 1.00. The molecule has 0 unspecified atom stereocenters. The van der Waals surface area contributed by atoms with Crippen molar-refractivity contribution in [2.75, 3.05) is 20.1 Å². The SMILES string of the molecule is CC.CNC1CCN(C2CCC(O)CC2)CC1. The molecule has 0 spiro atoms. The largest absolute Gasteiger partial charge is 0.393 e. The zero-order valence-corrected chi connectivity index (χ0v) is 11.8. The summed E-state index contributed by atoms with van der Waals surface area (Å²) in [5.74, 6) is 0. The number of piperidine rings is 1. The van der Waals surface area contributed by atoms with Crippen LogP contribution in [-0.4, -0.2) is 48.3 Å². The van der Waals surface area contributed by atoms with Gasteiger partial charge in [0.05, 0.1) is 6.10 Å². The fourth-order valence-electron chi connectivity index (χ4n) is 2.98. The van der Waals surface area contributed by atoms with Crippen LogP contribution < -0.4 is 5.32 Å². The molecule has 3 nitrogen and oxygen atoms in total. The van der Waals surface area contributed by atoms with E-state index in [1.54, 1.807) is 0 Å². The molecular weight excluding hydrogens is 212 g/mol. The van der Waals surface area contributed by atoms with E-state index < -0.39 is 0 Å². The summed E-state index contributed by atoms with van der Waals surface area (Å²) in [6.45, 7) is 6.48. The molecule has 2 fully saturated rings. The summed E-state index contributed by atoms with van der Waals surface area (Å²) < 4.78 is 0. The lowest BCUT2D eigenvalue weighted by atomic mass is 9.90. The zero-order chi connectivity index (χ0) is 12.7. The highest BCUT2D eigenvalue weighted by Gasteiger charge is 2.27. The highest BCUT2D eigenvalue weighted by Crippen LogP contribution is 2.25. The van der Waals surface area contributed by atoms with Crippen molar-refractivity contribution in [3.63, 3.8) is 0 Å². The Kier molecular flexibility index (Phi) is 7.09. The maximum atomic E-state index is 9.48. The minimum Gasteiger partial charge on any atom is -0.393 e. The highest BCUT2D eigenvalue weighted by molar-refractivity contribution is 4.84. The van der Waals surface area contributed by atoms with Crippen LogP contribution >= 0.6 is 0 Å². The minimum absolute atomic E-state index is 0.0175. The first-order chi connectivity index (χ1) is 8.29. The molecule has 3 heteroatoms. The van der Waals surface area contributed by atoms with Gasteiger partial charge in [0.25, 0.3) is 0 Å². The number of rotatable bonds is 2. The van der Waals surface area contributed by atoms with Crippen LogP contribution in [-0.2, 0) is 0 Å². The van der Waals surface area contributed by atoms with Crippen LogP contribution in [0, 0.1) is 0 Å². The molecule has 0 aromatic carbocycles. The fourth-order valence-corrected chi connectivity index (χ4v) is 2.98. The Bertz CT molecular complexity index is 183. The van der Waals surface area contributed by atoms with Gasteiger partial charge in [-0.25, -0.2) is 0 Å². The third kappa shape index (κ3) is 4.57. The Hall–Kier alpha value is -0.120. The van der Waals surface area contributed by atoms with Gasteiger partial charge in [0, 0.05) is 12.1 Å². The number of likely N-dealkylation sites (tertiary alicyclic amines) is 1. The summed E-state index contributed by atoms with van der Waals surface area (Å²) in [5, 5.41) is 12.8. The second kappa shape index (κ2) is 8.06. The van der Waals surface area contributed by atoms with Crippen LogP contribution in [0.4, 0.5) is 0 Å². The van der Waals surface area contributed by atoms with E-state index in [1.165, 1.54) is 38.8 Å². The molecule has 1 saturated heterocycles. The molecule has 1 aliphatic heterocycles. The Labute approximate surface area is 107 Å². The standard InChI is InChI=1S/C12H24N2O.C2H6/c1-13-10-6-8-14(9-7-10)11-2-4-12(15)5-3-11;1-2/h10-13,15H,2-9H2,1H3;1-2H3. The highest BCUT2D eigenvalue weighted by atomic mass is 16.3. The summed E-state index contributed by atoms with van der Waals surface area (Å²) in [6.07, 6.45) is 6.98. The Morgan fingerprint density at radius 3 is 1.94 bits per heavy atom. The predicted octanol–water partition coefficient (Wildman–Crippen LogP) is 2.00. The normalized spacial score (nSPS) is 31.8. The monoisotopic (exact) mass is 242 g/mol. The molecule has 1 aliphatic carbocycles. The second-order valence-electron chi connectivity index (χ2n) is 5.06. The first-order valence-electron chi connectivity index (χ1n) is 7.39. The molecule has 1 heterocycles. The number of nitrogens with zero attached hydrogens (tertiary/aromatic N) is 1. The maximum Gasteiger partial charge on any atom is 0.0541 e. The molecule has 17 heavy (non-hydrogen) atoms. The number of hydrogen-bond donors (Lipinski definition) is 2. The summed E-state index contributed by atoms with van der Waals surface area (Å²) in [4.78, 5) is 2.64. The smallest absolute Gasteiger partial charge is 0.0541 e. The van der Waals surface area contributed by atoms with Crippen LogP contribution in [0.3, 0.4) is 0 Å². The Morgan fingerprint density at radius 2 is 1.47 bits per heavy atom. The van der Waals surface area contributed by atoms with E-state index in [4.69, 9.17) is 0 Å². The van der Waals surface area contributed by atoms with Gasteiger partial charge in [-0.1, -0.05) is 13.8 Å². The minimum atomic E-state index is -0.0175. The van der Waals surface area contributed by atoms with Crippen LogP contribution in [0.25, 0.3) is 0 Å². The summed E-state index contributed by atoms with van der Waals surface area (Å²) in [6, 6.07) is 1.49. The Balaban J connectivity index is 0.000000686. The summed E-state index contributed by atoms with van der Waals surface area (Å²) in [7, 11) is 2.07. The molecule has 0 atom stereocenters. The first-order valence-corrected chi connectivity index (χ1v) is 7.39. The van der Waals surface area contributed by atoms with Crippen LogP contribution in [0.5, 0.6) is 0 Å². The molecule has 2 N–H and O–H groups in total. The molecule has 2 aliphatic rings. The average molecular weight is 242 g/mol. The quantitative estimate of drug-likeness (QED) is 0.777. The topological polar surface area (TPSA) is 35.5 Å². The van der Waals surface area contributed by atoms with E-state index in [9.17, 15) is 5.11 Å². The van der Waals surface area contributed by atoms with Gasteiger partial charge in [-0.3, -0.25) is 0 Å². The molecule has 0 amide bonds. The Morgan fingerprint density at radius 1 is 0.941 bits per heavy atom. The van der Waals surface area contributed by atoms with Crippen molar-refractivity contribution in [3.05, 3.63) is 0 Å². The van der Waals surface area contributed by atoms with Gasteiger partial charge >= 0.3 is 0 Å². The van der Waals surface area contributed by atoms with Crippen molar-refractivity contribution >= 4 is 0 Å². The average Bonchev–Trinajstić information content (AvgIpc) is 2.42. The summed E-state index contributed by atoms with van der Waals surface area (Å²) in [5.41, 5.74) is 0. The number of aliphatic hydroxyl groups is 1. The van der Waals surface area contributed by atoms with E-state index in [1.807, 2.05) is 13.8 Å². The van der Waals surface area contributed by atoms with E-state index in [0.717, 1.165) is 24.9 Å². The van der Waals surface area contributed by atoms with Crippen molar-refractivity contribution in [1.29, 1.82) is 0 Å². The first kappa shape index (κ1) is 14.9. The van der Waals surface area contributed by atoms with E-state index in [0.29, 0.717) is 0 Å². The van der Waals surface area contributed by atoms with Crippen molar-refractivity contribution in [2.24, 2.45) is 0 Å². The third-order valence-corrected chi connectivity index (χ3v) is 4.12. The van der Waals surface area contributed by atoms with Gasteiger partial charge in [0.2, 0.25) is 0 Å². The van der Waals surface area contributed by atoms with Gasteiger partial charge in [-0.05, 0) is 58.7 Å². The molecule has 102 valence electrons. The molecule has 0 aromatic heterocycles. The maximum absolute atomic E-state index is 9.48. The predicted molar refractivity (Wildman–Crippen MR) is 73.3 cm³/mol. The zero-order valence-electron chi connectivity index (χ0n) is 11.8. The van der Waals surface area contributed by atoms with Gasteiger partial charge in [-0.15, -0.1) is 0 Å². The lowest BCUT2D eigenvalue weighted by Gasteiger charge is -2.40. The van der Waals surface area contributed by atoms with Gasteiger partial charge in [-0.2, -0.15) is 0 Å². The second-order valence-corrected chi connectivity index (χ2v) is 5.06. The van der Waals surface area contributed by atoms with Crippen molar-refractivity contribution in [1.82, 2.24) is 10.2 Å². The van der Waals surface area contributed by atoms with Gasteiger partial charge in [0.1, 0.15) is 0 Å². The van der Waals surface area contributed by atoms with Gasteiger partial charge in [0.15, 0.2) is 0 Å². The van der Waals surface area contributed by atoms with Crippen LogP contribution in [0.1, 0.15) is 52.4 Å². The van der Waals surface area contributed by atoms with Crippen molar-refractivity contribution in [3.8, 4) is 0 Å².